The molecule has 0 heterocycles. The summed E-state index contributed by atoms with van der Waals surface area (Å²) in [7, 11) is 0. The lowest BCUT2D eigenvalue weighted by Crippen LogP contribution is -1.69. The molecular weight excluding hydrogens is 156 g/mol. The summed E-state index contributed by atoms with van der Waals surface area (Å²) in [6, 6.07) is 0. The van der Waals surface area contributed by atoms with E-state index in [0.717, 1.165) is 0 Å². The Labute approximate surface area is 67.7 Å². The van der Waals surface area contributed by atoms with Crippen molar-refractivity contribution in [1.82, 2.24) is 0 Å². The van der Waals surface area contributed by atoms with E-state index in [9.17, 15) is 0 Å². The maximum absolute atomic E-state index is 8.17. The summed E-state index contributed by atoms with van der Waals surface area (Å²) in [5, 5.41) is 19.3. The number of nitrogens with zero attached hydrogens (tertiary/aromatic N) is 5. The molecule has 1 rings (SSSR count). The normalized spacial score (nSPS) is 20.0. The first kappa shape index (κ1) is 7.76. The third-order valence-electron chi connectivity index (χ3n) is 1.19. The quantitative estimate of drug-likeness (QED) is 0.449. The van der Waals surface area contributed by atoms with Gasteiger partial charge in [0.15, 0.2) is 0 Å². The predicted octanol–water partition coefficient (Wildman–Crippen LogP) is 0.759. The van der Waals surface area contributed by atoms with Crippen molar-refractivity contribution in [3.8, 4) is 12.4 Å². The van der Waals surface area contributed by atoms with Gasteiger partial charge in [0.05, 0.1) is 11.8 Å². The second-order valence-electron chi connectivity index (χ2n) is 1.79. The van der Waals surface area contributed by atoms with Crippen LogP contribution in [0.25, 0.3) is 0 Å². The summed E-state index contributed by atoms with van der Waals surface area (Å²) in [6.45, 7) is 0. The molecule has 56 valence electrons. The molecule has 1 saturated carbocycles. The monoisotopic (exact) mass is 158 g/mol. The molecule has 0 amide bonds. The Morgan fingerprint density at radius 3 is 2.00 bits per heavy atom. The van der Waals surface area contributed by atoms with Crippen molar-refractivity contribution in [2.75, 3.05) is 0 Å². The van der Waals surface area contributed by atoms with Gasteiger partial charge < -0.3 is 0 Å². The number of allylic oxidation sites excluding steroid dienone is 1. The van der Waals surface area contributed by atoms with Crippen LogP contribution in [0.5, 0.6) is 0 Å². The lowest BCUT2D eigenvalue weighted by Gasteiger charge is -1.60. The van der Waals surface area contributed by atoms with Crippen LogP contribution in [0.15, 0.2) is 26.9 Å². The van der Waals surface area contributed by atoms with Gasteiger partial charge in [-0.05, 0) is 0 Å². The molecule has 1 aliphatic carbocycles. The maximum atomic E-state index is 8.17. The lowest BCUT2D eigenvalue weighted by molar-refractivity contribution is 1.14. The molecule has 12 heavy (non-hydrogen) atoms. The van der Waals surface area contributed by atoms with E-state index >= 15 is 0 Å². The molecule has 0 spiro atoms. The van der Waals surface area contributed by atoms with Crippen LogP contribution in [0.3, 0.4) is 0 Å². The fourth-order valence-electron chi connectivity index (χ4n) is 0.695. The maximum Gasteiger partial charge on any atom is 0.206 e. The second-order valence-corrected chi connectivity index (χ2v) is 1.79. The van der Waals surface area contributed by atoms with Crippen molar-refractivity contribution in [2.24, 2.45) is 15.1 Å². The first-order valence-electron chi connectivity index (χ1n) is 2.86. The van der Waals surface area contributed by atoms with Crippen molar-refractivity contribution in [3.05, 3.63) is 11.8 Å². The summed E-state index contributed by atoms with van der Waals surface area (Å²) in [5.41, 5.74) is 7.66. The molecule has 1 fully saturated rings. The van der Waals surface area contributed by atoms with Crippen LogP contribution in [0, 0.1) is 28.4 Å². The van der Waals surface area contributed by atoms with Gasteiger partial charge in [0.2, 0.25) is 12.4 Å². The highest BCUT2D eigenvalue weighted by atomic mass is 15.0. The molecule has 0 atom stereocenters. The molecule has 0 bridgehead atoms. The van der Waals surface area contributed by atoms with E-state index in [2.05, 4.69) is 15.1 Å². The van der Waals surface area contributed by atoms with E-state index in [1.54, 1.807) is 12.4 Å². The Hall–Kier alpha value is -2.34. The van der Waals surface area contributed by atoms with E-state index in [0.29, 0.717) is 17.0 Å². The van der Waals surface area contributed by atoms with Crippen molar-refractivity contribution in [1.29, 1.82) is 16.1 Å². The Morgan fingerprint density at radius 1 is 1.17 bits per heavy atom. The zero-order chi connectivity index (χ0) is 8.97. The molecule has 0 radical (unpaired) electrons. The average Bonchev–Trinajstić information content (AvgIpc) is 2.67. The van der Waals surface area contributed by atoms with Gasteiger partial charge in [0.1, 0.15) is 11.4 Å². The summed E-state index contributed by atoms with van der Waals surface area (Å²) >= 11 is 0. The third-order valence-corrected chi connectivity index (χ3v) is 1.19. The fraction of sp³-hybridized carbons (Fsp3) is 0. The van der Waals surface area contributed by atoms with Gasteiger partial charge in [-0.1, -0.05) is 0 Å². The minimum atomic E-state index is 0.343. The van der Waals surface area contributed by atoms with Crippen LogP contribution in [-0.4, -0.2) is 11.4 Å². The van der Waals surface area contributed by atoms with Gasteiger partial charge in [0.25, 0.3) is 0 Å². The molecule has 1 N–H and O–H groups in total. The minimum Gasteiger partial charge on any atom is -0.205 e. The highest BCUT2D eigenvalue weighted by molar-refractivity contribution is 6.78. The Morgan fingerprint density at radius 2 is 1.67 bits per heavy atom. The SMILES string of the molecule is N#CN=C1C(=CN=N)C1=NC#N. The van der Waals surface area contributed by atoms with Crippen molar-refractivity contribution >= 4 is 11.4 Å². The van der Waals surface area contributed by atoms with Gasteiger partial charge in [0, 0.05) is 0 Å². The summed E-state index contributed by atoms with van der Waals surface area (Å²) in [4.78, 5) is 6.73. The largest absolute Gasteiger partial charge is 0.206 e. The molecule has 0 aromatic heterocycles. The lowest BCUT2D eigenvalue weighted by atomic mass is 10.6. The van der Waals surface area contributed by atoms with Gasteiger partial charge in [-0.3, -0.25) is 0 Å². The number of nitriles is 2. The van der Waals surface area contributed by atoms with Crippen molar-refractivity contribution in [3.63, 3.8) is 0 Å². The standard InChI is InChI=1S/C6H2N6/c7-2-10-5-4(1-12-9)6(5)11-3-8/h1,9H. The van der Waals surface area contributed by atoms with Crippen molar-refractivity contribution in [2.45, 2.75) is 0 Å². The molecule has 0 aromatic carbocycles. The average molecular weight is 158 g/mol. The number of hydrogen-bond acceptors (Lipinski definition) is 6. The fourth-order valence-corrected chi connectivity index (χ4v) is 0.695. The first-order valence-corrected chi connectivity index (χ1v) is 2.86. The van der Waals surface area contributed by atoms with Gasteiger partial charge in [-0.2, -0.15) is 25.6 Å². The molecule has 0 aromatic rings. The zero-order valence-corrected chi connectivity index (χ0v) is 5.81. The smallest absolute Gasteiger partial charge is 0.205 e. The van der Waals surface area contributed by atoms with Crippen LogP contribution in [-0.2, 0) is 0 Å². The number of aliphatic imine (C=N–C) groups is 2. The third kappa shape index (κ3) is 1.22. The van der Waals surface area contributed by atoms with Crippen LogP contribution < -0.4 is 0 Å². The minimum absolute atomic E-state index is 0.343. The van der Waals surface area contributed by atoms with E-state index in [1.807, 2.05) is 0 Å². The molecule has 0 aliphatic heterocycles. The number of hydrogen-bond donors (Lipinski definition) is 1. The molecule has 0 unspecified atom stereocenters. The Kier molecular flexibility index (Phi) is 2.05. The number of nitrogens with one attached hydrogen (secondary N) is 1. The van der Waals surface area contributed by atoms with Crippen LogP contribution in [0.4, 0.5) is 0 Å². The van der Waals surface area contributed by atoms with Gasteiger partial charge in [-0.25, -0.2) is 5.53 Å². The van der Waals surface area contributed by atoms with E-state index in [4.69, 9.17) is 16.1 Å². The first-order chi connectivity index (χ1) is 5.85. The molecule has 0 saturated heterocycles. The summed E-state index contributed by atoms with van der Waals surface area (Å²) in [6.07, 6.45) is 4.31. The molecular formula is C6H2N6. The predicted molar refractivity (Wildman–Crippen MR) is 39.3 cm³/mol. The molecule has 6 heteroatoms. The Bertz CT molecular complexity index is 353. The molecule has 6 nitrogen and oxygen atoms in total. The van der Waals surface area contributed by atoms with Crippen LogP contribution in [0.1, 0.15) is 0 Å². The Balaban J connectivity index is 3.00. The van der Waals surface area contributed by atoms with Crippen molar-refractivity contribution < 1.29 is 0 Å². The topological polar surface area (TPSA) is 109 Å². The highest BCUT2D eigenvalue weighted by Gasteiger charge is 2.35. The van der Waals surface area contributed by atoms with Gasteiger partial charge >= 0.3 is 0 Å². The van der Waals surface area contributed by atoms with Crippen LogP contribution in [0.2, 0.25) is 0 Å². The summed E-state index contributed by atoms with van der Waals surface area (Å²) in [5.74, 6) is 0. The van der Waals surface area contributed by atoms with E-state index < -0.39 is 0 Å². The van der Waals surface area contributed by atoms with E-state index in [-0.39, 0.29) is 0 Å². The summed E-state index contributed by atoms with van der Waals surface area (Å²) < 4.78 is 0. The van der Waals surface area contributed by atoms with Gasteiger partial charge in [-0.15, -0.1) is 0 Å². The van der Waals surface area contributed by atoms with E-state index in [1.165, 1.54) is 6.20 Å². The van der Waals surface area contributed by atoms with Crippen LogP contribution >= 0.6 is 0 Å². The number of rotatable bonds is 1. The highest BCUT2D eigenvalue weighted by Crippen LogP contribution is 2.21. The second kappa shape index (κ2) is 3.17. The zero-order valence-electron chi connectivity index (χ0n) is 5.81. The molecule has 1 aliphatic rings.